The molecule has 1 aliphatic carbocycles. The number of nitrogens with zero attached hydrogens (tertiary/aromatic N) is 1. The van der Waals surface area contributed by atoms with Gasteiger partial charge in [-0.1, -0.05) is 11.6 Å². The van der Waals surface area contributed by atoms with Crippen molar-refractivity contribution >= 4 is 55.5 Å². The van der Waals surface area contributed by atoms with E-state index in [1.54, 1.807) is 0 Å². The van der Waals surface area contributed by atoms with Gasteiger partial charge in [-0.3, -0.25) is 9.10 Å². The van der Waals surface area contributed by atoms with Crippen LogP contribution in [0.1, 0.15) is 40.6 Å². The first-order chi connectivity index (χ1) is 15.1. The van der Waals surface area contributed by atoms with Crippen molar-refractivity contribution in [1.82, 2.24) is 0 Å². The molecular formula is C21H25ClN2O6S2. The summed E-state index contributed by atoms with van der Waals surface area (Å²) in [5, 5.41) is 3.35. The molecule has 0 fully saturated rings. The lowest BCUT2D eigenvalue weighted by atomic mass is 9.95. The molecule has 8 nitrogen and oxygen atoms in total. The zero-order chi connectivity index (χ0) is 23.6. The Morgan fingerprint density at radius 1 is 1.22 bits per heavy atom. The zero-order valence-electron chi connectivity index (χ0n) is 18.2. The molecule has 32 heavy (non-hydrogen) atoms. The number of rotatable bonds is 7. The average Bonchev–Trinajstić information content (AvgIpc) is 3.10. The third kappa shape index (κ3) is 4.87. The number of hydrogen-bond donors (Lipinski definition) is 1. The number of ether oxygens (including phenoxy) is 2. The molecule has 0 saturated heterocycles. The first kappa shape index (κ1) is 24.3. The topological polar surface area (TPSA) is 102 Å². The maximum absolute atomic E-state index is 13.1. The van der Waals surface area contributed by atoms with E-state index in [4.69, 9.17) is 21.1 Å². The van der Waals surface area contributed by atoms with Crippen LogP contribution >= 0.6 is 22.9 Å². The molecule has 1 heterocycles. The predicted molar refractivity (Wildman–Crippen MR) is 126 cm³/mol. The first-order valence-corrected chi connectivity index (χ1v) is 13.0. The molecule has 1 aliphatic rings. The van der Waals surface area contributed by atoms with Crippen LogP contribution in [0, 0.1) is 0 Å². The van der Waals surface area contributed by atoms with Gasteiger partial charge in [-0.05, 0) is 56.4 Å². The second-order valence-corrected chi connectivity index (χ2v) is 10.8. The fraction of sp³-hybridized carbons (Fsp3) is 0.429. The van der Waals surface area contributed by atoms with Crippen molar-refractivity contribution in [2.24, 2.45) is 0 Å². The maximum atomic E-state index is 13.1. The van der Waals surface area contributed by atoms with Crippen molar-refractivity contribution < 1.29 is 27.5 Å². The first-order valence-electron chi connectivity index (χ1n) is 9.95. The average molecular weight is 501 g/mol. The molecule has 1 atom stereocenters. The summed E-state index contributed by atoms with van der Waals surface area (Å²) in [4.78, 5) is 26.6. The predicted octanol–water partition coefficient (Wildman–Crippen LogP) is 3.87. The van der Waals surface area contributed by atoms with Crippen molar-refractivity contribution in [2.45, 2.75) is 38.6 Å². The Balaban J connectivity index is 1.95. The SMILES string of the molecule is COC(=O)c1c(NC(=O)[C@H](C)N(c2ccc(OC)c(Cl)c2)S(C)(=O)=O)sc2c1CCCC2. The van der Waals surface area contributed by atoms with E-state index in [2.05, 4.69) is 5.32 Å². The number of sulfonamides is 1. The summed E-state index contributed by atoms with van der Waals surface area (Å²) in [6, 6.07) is 3.36. The Bertz CT molecular complexity index is 1150. The van der Waals surface area contributed by atoms with Crippen LogP contribution in [-0.4, -0.2) is 46.8 Å². The Morgan fingerprint density at radius 2 is 1.91 bits per heavy atom. The van der Waals surface area contributed by atoms with Gasteiger partial charge in [0, 0.05) is 4.88 Å². The zero-order valence-corrected chi connectivity index (χ0v) is 20.6. The van der Waals surface area contributed by atoms with E-state index in [1.165, 1.54) is 50.7 Å². The molecule has 1 aromatic carbocycles. The Hall–Kier alpha value is -2.30. The standard InChI is InChI=1S/C21H25ClN2O6S2/c1-12(24(32(4,27)28)13-9-10-16(29-2)15(22)11-13)19(25)23-20-18(21(26)30-3)14-7-5-6-8-17(14)31-20/h9-12H,5-8H2,1-4H3,(H,23,25)/t12-/m0/s1. The van der Waals surface area contributed by atoms with Crippen molar-refractivity contribution in [3.8, 4) is 5.75 Å². The number of nitrogens with one attached hydrogen (secondary N) is 1. The molecular weight excluding hydrogens is 476 g/mol. The van der Waals surface area contributed by atoms with E-state index in [9.17, 15) is 18.0 Å². The van der Waals surface area contributed by atoms with Gasteiger partial charge in [0.1, 0.15) is 16.8 Å². The number of methoxy groups -OCH3 is 2. The summed E-state index contributed by atoms with van der Waals surface area (Å²) in [5.74, 6) is -0.715. The van der Waals surface area contributed by atoms with Crippen molar-refractivity contribution in [3.63, 3.8) is 0 Å². The molecule has 1 amide bonds. The number of esters is 1. The molecule has 3 rings (SSSR count). The highest BCUT2D eigenvalue weighted by molar-refractivity contribution is 7.92. The van der Waals surface area contributed by atoms with E-state index in [0.717, 1.165) is 46.7 Å². The van der Waals surface area contributed by atoms with Crippen molar-refractivity contribution in [1.29, 1.82) is 0 Å². The van der Waals surface area contributed by atoms with E-state index in [-0.39, 0.29) is 10.7 Å². The number of hydrogen-bond acceptors (Lipinski definition) is 7. The van der Waals surface area contributed by atoms with Gasteiger partial charge in [0.25, 0.3) is 0 Å². The summed E-state index contributed by atoms with van der Waals surface area (Å²) in [6.45, 7) is 1.47. The summed E-state index contributed by atoms with van der Waals surface area (Å²) in [6.07, 6.45) is 4.55. The van der Waals surface area contributed by atoms with E-state index in [1.807, 2.05) is 0 Å². The van der Waals surface area contributed by atoms with Gasteiger partial charge in [-0.15, -0.1) is 11.3 Å². The van der Waals surface area contributed by atoms with Crippen LogP contribution in [0.3, 0.4) is 0 Å². The van der Waals surface area contributed by atoms with E-state index < -0.39 is 27.9 Å². The number of amides is 1. The molecule has 11 heteroatoms. The number of aryl methyl sites for hydroxylation is 1. The lowest BCUT2D eigenvalue weighted by Gasteiger charge is -2.28. The van der Waals surface area contributed by atoms with Crippen LogP contribution in [0.4, 0.5) is 10.7 Å². The highest BCUT2D eigenvalue weighted by Gasteiger charge is 2.32. The second kappa shape index (κ2) is 9.68. The van der Waals surface area contributed by atoms with Gasteiger partial charge in [-0.2, -0.15) is 0 Å². The van der Waals surface area contributed by atoms with Crippen LogP contribution in [0.15, 0.2) is 18.2 Å². The minimum Gasteiger partial charge on any atom is -0.495 e. The van der Waals surface area contributed by atoms with E-state index in [0.29, 0.717) is 16.3 Å². The Kier molecular flexibility index (Phi) is 7.36. The third-order valence-electron chi connectivity index (χ3n) is 5.28. The van der Waals surface area contributed by atoms with E-state index >= 15 is 0 Å². The number of anilines is 2. The van der Waals surface area contributed by atoms with Gasteiger partial charge < -0.3 is 14.8 Å². The Morgan fingerprint density at radius 3 is 2.50 bits per heavy atom. The number of halogens is 1. The molecule has 174 valence electrons. The smallest absolute Gasteiger partial charge is 0.341 e. The fourth-order valence-corrected chi connectivity index (χ4v) is 6.49. The monoisotopic (exact) mass is 500 g/mol. The summed E-state index contributed by atoms with van der Waals surface area (Å²) in [5.41, 5.74) is 1.48. The minimum atomic E-state index is -3.84. The van der Waals surface area contributed by atoms with Gasteiger partial charge in [-0.25, -0.2) is 13.2 Å². The fourth-order valence-electron chi connectivity index (χ4n) is 3.79. The van der Waals surface area contributed by atoms with Crippen LogP contribution in [-0.2, 0) is 32.4 Å². The van der Waals surface area contributed by atoms with Crippen LogP contribution < -0.4 is 14.4 Å². The highest BCUT2D eigenvalue weighted by atomic mass is 35.5. The lowest BCUT2D eigenvalue weighted by molar-refractivity contribution is -0.116. The summed E-state index contributed by atoms with van der Waals surface area (Å²) < 4.78 is 36.2. The van der Waals surface area contributed by atoms with Crippen molar-refractivity contribution in [2.75, 3.05) is 30.1 Å². The third-order valence-corrected chi connectivity index (χ3v) is 8.02. The molecule has 0 spiro atoms. The quantitative estimate of drug-likeness (QED) is 0.579. The normalized spacial score (nSPS) is 14.3. The van der Waals surface area contributed by atoms with Crippen LogP contribution in [0.25, 0.3) is 0 Å². The molecule has 0 unspecified atom stereocenters. The number of thiophene rings is 1. The maximum Gasteiger partial charge on any atom is 0.341 e. The number of benzene rings is 1. The molecule has 0 saturated carbocycles. The van der Waals surface area contributed by atoms with Gasteiger partial charge in [0.15, 0.2) is 0 Å². The molecule has 0 radical (unpaired) electrons. The molecule has 1 aromatic heterocycles. The summed E-state index contributed by atoms with van der Waals surface area (Å²) in [7, 11) is -1.10. The van der Waals surface area contributed by atoms with Gasteiger partial charge in [0.05, 0.1) is 36.7 Å². The Labute approximate surface area is 196 Å². The number of fused-ring (bicyclic) bond motifs is 1. The van der Waals surface area contributed by atoms with Gasteiger partial charge in [0.2, 0.25) is 15.9 Å². The number of carbonyl (C=O) groups excluding carboxylic acids is 2. The van der Waals surface area contributed by atoms with Gasteiger partial charge >= 0.3 is 5.97 Å². The minimum absolute atomic E-state index is 0.213. The summed E-state index contributed by atoms with van der Waals surface area (Å²) >= 11 is 7.51. The van der Waals surface area contributed by atoms with Crippen LogP contribution in [0.2, 0.25) is 5.02 Å². The molecule has 0 bridgehead atoms. The molecule has 2 aromatic rings. The highest BCUT2D eigenvalue weighted by Crippen LogP contribution is 2.39. The molecule has 0 aliphatic heterocycles. The van der Waals surface area contributed by atoms with Crippen molar-refractivity contribution in [3.05, 3.63) is 39.2 Å². The van der Waals surface area contributed by atoms with Crippen LogP contribution in [0.5, 0.6) is 5.75 Å². The largest absolute Gasteiger partial charge is 0.495 e. The molecule has 1 N–H and O–H groups in total. The lowest BCUT2D eigenvalue weighted by Crippen LogP contribution is -2.45. The number of carbonyl (C=O) groups is 2. The second-order valence-electron chi connectivity index (χ2n) is 7.45.